The maximum Gasteiger partial charge on any atom is 0.246 e. The lowest BCUT2D eigenvalue weighted by Gasteiger charge is -2.37. The number of carbonyl (C=O) groups is 2. The zero-order valence-electron chi connectivity index (χ0n) is 15.3. The van der Waals surface area contributed by atoms with Crippen molar-refractivity contribution in [3.05, 3.63) is 42.0 Å². The number of amides is 2. The van der Waals surface area contributed by atoms with Crippen molar-refractivity contribution in [2.75, 3.05) is 45.8 Å². The number of aliphatic hydroxyl groups is 1. The van der Waals surface area contributed by atoms with Gasteiger partial charge in [0.1, 0.15) is 0 Å². The Hall–Kier alpha value is -2.18. The minimum Gasteiger partial charge on any atom is -0.387 e. The molecule has 26 heavy (non-hydrogen) atoms. The summed E-state index contributed by atoms with van der Waals surface area (Å²) in [4.78, 5) is 29.5. The molecular formula is C20H27N3O3. The molecule has 1 N–H and O–H groups in total. The van der Waals surface area contributed by atoms with Gasteiger partial charge in [0.2, 0.25) is 11.8 Å². The van der Waals surface area contributed by atoms with E-state index >= 15 is 0 Å². The fourth-order valence-corrected chi connectivity index (χ4v) is 3.65. The van der Waals surface area contributed by atoms with E-state index in [4.69, 9.17) is 0 Å². The lowest BCUT2D eigenvalue weighted by Crippen LogP contribution is -2.53. The van der Waals surface area contributed by atoms with Gasteiger partial charge >= 0.3 is 0 Å². The van der Waals surface area contributed by atoms with Gasteiger partial charge in [-0.1, -0.05) is 30.3 Å². The van der Waals surface area contributed by atoms with Crippen molar-refractivity contribution in [2.24, 2.45) is 0 Å². The van der Waals surface area contributed by atoms with E-state index in [2.05, 4.69) is 4.90 Å². The normalized spacial score (nSPS) is 24.4. The lowest BCUT2D eigenvalue weighted by molar-refractivity contribution is -0.131. The van der Waals surface area contributed by atoms with Gasteiger partial charge in [0, 0.05) is 52.3 Å². The van der Waals surface area contributed by atoms with Crippen LogP contribution < -0.4 is 0 Å². The van der Waals surface area contributed by atoms with Crippen LogP contribution in [0.4, 0.5) is 0 Å². The predicted molar refractivity (Wildman–Crippen MR) is 100 cm³/mol. The number of rotatable bonds is 4. The van der Waals surface area contributed by atoms with Gasteiger partial charge in [0.05, 0.1) is 12.1 Å². The molecule has 0 bridgehead atoms. The third-order valence-electron chi connectivity index (χ3n) is 5.20. The van der Waals surface area contributed by atoms with Crippen LogP contribution in [0.25, 0.3) is 6.08 Å². The van der Waals surface area contributed by atoms with E-state index in [1.165, 1.54) is 0 Å². The molecule has 2 fully saturated rings. The standard InChI is InChI=1S/C20H27N3O3/c1-17(24)22-13-11-21(12-14-22)15-20(26)9-10-23(16-20)19(25)8-7-18-5-3-2-4-6-18/h2-8,26H,9-16H2,1H3/b8-7+/t20-/m1/s1. The Balaban J connectivity index is 1.50. The van der Waals surface area contributed by atoms with E-state index < -0.39 is 5.60 Å². The molecule has 2 saturated heterocycles. The molecule has 2 heterocycles. The monoisotopic (exact) mass is 357 g/mol. The molecule has 6 nitrogen and oxygen atoms in total. The van der Waals surface area contributed by atoms with Crippen LogP contribution in [0, 0.1) is 0 Å². The van der Waals surface area contributed by atoms with Crippen LogP contribution in [0.15, 0.2) is 36.4 Å². The van der Waals surface area contributed by atoms with Gasteiger partial charge in [-0.15, -0.1) is 0 Å². The van der Waals surface area contributed by atoms with Crippen LogP contribution in [-0.4, -0.2) is 83.0 Å². The van der Waals surface area contributed by atoms with Gasteiger partial charge in [-0.05, 0) is 18.1 Å². The Labute approximate surface area is 154 Å². The Morgan fingerprint density at radius 3 is 2.42 bits per heavy atom. The molecule has 0 saturated carbocycles. The molecule has 140 valence electrons. The smallest absolute Gasteiger partial charge is 0.246 e. The number of piperazine rings is 1. The van der Waals surface area contributed by atoms with Gasteiger partial charge in [0.15, 0.2) is 0 Å². The number of nitrogens with zero attached hydrogens (tertiary/aromatic N) is 3. The predicted octanol–water partition coefficient (Wildman–Crippen LogP) is 0.827. The molecule has 0 unspecified atom stereocenters. The third kappa shape index (κ3) is 4.71. The van der Waals surface area contributed by atoms with Gasteiger partial charge in [-0.2, -0.15) is 0 Å². The lowest BCUT2D eigenvalue weighted by atomic mass is 10.0. The minimum atomic E-state index is -0.866. The Kier molecular flexibility index (Phi) is 5.74. The summed E-state index contributed by atoms with van der Waals surface area (Å²) >= 11 is 0. The van der Waals surface area contributed by atoms with Crippen LogP contribution in [0.3, 0.4) is 0 Å². The molecule has 2 aliphatic heterocycles. The van der Waals surface area contributed by atoms with E-state index in [0.29, 0.717) is 39.1 Å². The summed E-state index contributed by atoms with van der Waals surface area (Å²) in [5.74, 6) is 0.0392. The first kappa shape index (κ1) is 18.6. The second-order valence-corrected chi connectivity index (χ2v) is 7.26. The molecule has 2 amide bonds. The molecule has 1 aromatic carbocycles. The van der Waals surface area contributed by atoms with Gasteiger partial charge in [-0.3, -0.25) is 14.5 Å². The minimum absolute atomic E-state index is 0.0637. The zero-order chi connectivity index (χ0) is 18.6. The second-order valence-electron chi connectivity index (χ2n) is 7.26. The highest BCUT2D eigenvalue weighted by Gasteiger charge is 2.39. The number of carbonyl (C=O) groups excluding carboxylic acids is 2. The highest BCUT2D eigenvalue weighted by atomic mass is 16.3. The number of likely N-dealkylation sites (tertiary alicyclic amines) is 1. The van der Waals surface area contributed by atoms with Crippen LogP contribution in [0.2, 0.25) is 0 Å². The van der Waals surface area contributed by atoms with Crippen molar-refractivity contribution in [1.82, 2.24) is 14.7 Å². The number of benzene rings is 1. The molecule has 0 spiro atoms. The summed E-state index contributed by atoms with van der Waals surface area (Å²) in [6.07, 6.45) is 3.97. The highest BCUT2D eigenvalue weighted by molar-refractivity contribution is 5.92. The summed E-state index contributed by atoms with van der Waals surface area (Å²) in [6.45, 7) is 6.01. The van der Waals surface area contributed by atoms with Crippen molar-refractivity contribution < 1.29 is 14.7 Å². The Morgan fingerprint density at radius 2 is 1.77 bits per heavy atom. The fourth-order valence-electron chi connectivity index (χ4n) is 3.65. The van der Waals surface area contributed by atoms with Crippen molar-refractivity contribution >= 4 is 17.9 Å². The number of β-amino-alcohol motifs (C(OH)–C–C–N with tert-alkyl or cyclic N) is 1. The maximum absolute atomic E-state index is 12.4. The van der Waals surface area contributed by atoms with Crippen molar-refractivity contribution in [3.8, 4) is 0 Å². The summed E-state index contributed by atoms with van der Waals surface area (Å²) in [5, 5.41) is 10.9. The Morgan fingerprint density at radius 1 is 1.08 bits per heavy atom. The third-order valence-corrected chi connectivity index (χ3v) is 5.20. The molecule has 1 aromatic rings. The average Bonchev–Trinajstić information content (AvgIpc) is 3.03. The van der Waals surface area contributed by atoms with E-state index in [1.807, 2.05) is 35.2 Å². The summed E-state index contributed by atoms with van der Waals surface area (Å²) in [5.41, 5.74) is 0.118. The number of hydrogen-bond acceptors (Lipinski definition) is 4. The fraction of sp³-hybridized carbons (Fsp3) is 0.500. The molecule has 0 radical (unpaired) electrons. The summed E-state index contributed by atoms with van der Waals surface area (Å²) in [7, 11) is 0. The largest absolute Gasteiger partial charge is 0.387 e. The van der Waals surface area contributed by atoms with Crippen molar-refractivity contribution in [1.29, 1.82) is 0 Å². The first-order valence-corrected chi connectivity index (χ1v) is 9.17. The molecule has 6 heteroatoms. The van der Waals surface area contributed by atoms with E-state index in [1.54, 1.807) is 24.0 Å². The zero-order valence-corrected chi connectivity index (χ0v) is 15.3. The van der Waals surface area contributed by atoms with Crippen LogP contribution in [-0.2, 0) is 9.59 Å². The summed E-state index contributed by atoms with van der Waals surface area (Å²) in [6, 6.07) is 9.71. The second kappa shape index (κ2) is 8.01. The highest BCUT2D eigenvalue weighted by Crippen LogP contribution is 2.23. The SMILES string of the molecule is CC(=O)N1CCN(C[C@]2(O)CCN(C(=O)/C=C/c3ccccc3)C2)CC1. The first-order chi connectivity index (χ1) is 12.5. The quantitative estimate of drug-likeness (QED) is 0.811. The average molecular weight is 357 g/mol. The molecule has 0 aliphatic carbocycles. The molecule has 1 atom stereocenters. The molecule has 2 aliphatic rings. The van der Waals surface area contributed by atoms with Gasteiger partial charge < -0.3 is 14.9 Å². The number of hydrogen-bond donors (Lipinski definition) is 1. The van der Waals surface area contributed by atoms with Gasteiger partial charge in [0.25, 0.3) is 0 Å². The van der Waals surface area contributed by atoms with Crippen LogP contribution in [0.5, 0.6) is 0 Å². The Bertz CT molecular complexity index is 668. The molecule has 0 aromatic heterocycles. The molecule has 3 rings (SSSR count). The van der Waals surface area contributed by atoms with Gasteiger partial charge in [-0.25, -0.2) is 0 Å². The van der Waals surface area contributed by atoms with E-state index in [9.17, 15) is 14.7 Å². The summed E-state index contributed by atoms with van der Waals surface area (Å²) < 4.78 is 0. The molecular weight excluding hydrogens is 330 g/mol. The van der Waals surface area contributed by atoms with Crippen LogP contribution in [0.1, 0.15) is 18.9 Å². The van der Waals surface area contributed by atoms with E-state index in [0.717, 1.165) is 18.7 Å². The van der Waals surface area contributed by atoms with E-state index in [-0.39, 0.29) is 11.8 Å². The maximum atomic E-state index is 12.4. The first-order valence-electron chi connectivity index (χ1n) is 9.17. The topological polar surface area (TPSA) is 64.1 Å². The van der Waals surface area contributed by atoms with Crippen molar-refractivity contribution in [2.45, 2.75) is 18.9 Å². The van der Waals surface area contributed by atoms with Crippen LogP contribution >= 0.6 is 0 Å². The van der Waals surface area contributed by atoms with Crippen molar-refractivity contribution in [3.63, 3.8) is 0 Å².